The van der Waals surface area contributed by atoms with Crippen molar-refractivity contribution >= 4 is 45.7 Å². The molecular weight excluding hydrogens is 363 g/mol. The Hall–Kier alpha value is -2.34. The molecule has 0 atom stereocenters. The van der Waals surface area contributed by atoms with Crippen molar-refractivity contribution in [2.45, 2.75) is 6.61 Å². The standard InChI is InChI=1S/C18H14Cl2N2O3/c1-25-9-10-8-21-16-11(17(10)23)4-2-7-14(16)22-18(24)15-12(19)5-3-6-13(15)20/h2-8H,9H2,1H3,(H,21,23)(H,22,24). The van der Waals surface area contributed by atoms with Gasteiger partial charge < -0.3 is 15.0 Å². The maximum Gasteiger partial charge on any atom is 0.258 e. The van der Waals surface area contributed by atoms with Crippen molar-refractivity contribution in [3.05, 3.63) is 74.0 Å². The molecule has 2 aromatic carbocycles. The fourth-order valence-corrected chi connectivity index (χ4v) is 3.13. The van der Waals surface area contributed by atoms with Gasteiger partial charge in [-0.2, -0.15) is 0 Å². The molecule has 128 valence electrons. The molecule has 0 spiro atoms. The minimum atomic E-state index is -0.454. The summed E-state index contributed by atoms with van der Waals surface area (Å²) in [7, 11) is 1.52. The van der Waals surface area contributed by atoms with Crippen LogP contribution in [0.2, 0.25) is 10.0 Å². The first-order valence-corrected chi connectivity index (χ1v) is 8.16. The molecule has 0 saturated heterocycles. The maximum atomic E-state index is 12.6. The number of amides is 1. The highest BCUT2D eigenvalue weighted by atomic mass is 35.5. The van der Waals surface area contributed by atoms with Crippen LogP contribution in [0.1, 0.15) is 15.9 Å². The van der Waals surface area contributed by atoms with Gasteiger partial charge in [-0.1, -0.05) is 35.3 Å². The van der Waals surface area contributed by atoms with Crippen molar-refractivity contribution in [1.29, 1.82) is 0 Å². The number of ether oxygens (including phenoxy) is 1. The van der Waals surface area contributed by atoms with E-state index in [0.29, 0.717) is 22.2 Å². The highest BCUT2D eigenvalue weighted by molar-refractivity contribution is 6.40. The lowest BCUT2D eigenvalue weighted by Crippen LogP contribution is -2.16. The molecule has 1 amide bonds. The molecule has 0 radical (unpaired) electrons. The Morgan fingerprint density at radius 3 is 2.52 bits per heavy atom. The second-order valence-electron chi connectivity index (χ2n) is 5.35. The van der Waals surface area contributed by atoms with Gasteiger partial charge in [-0.05, 0) is 24.3 Å². The number of rotatable bonds is 4. The third-order valence-corrected chi connectivity index (χ3v) is 4.36. The molecule has 7 heteroatoms. The normalized spacial score (nSPS) is 10.8. The molecule has 0 unspecified atom stereocenters. The van der Waals surface area contributed by atoms with E-state index in [1.165, 1.54) is 7.11 Å². The number of nitrogens with one attached hydrogen (secondary N) is 2. The number of methoxy groups -OCH3 is 1. The quantitative estimate of drug-likeness (QED) is 0.715. The number of pyridine rings is 1. The van der Waals surface area contributed by atoms with E-state index in [9.17, 15) is 9.59 Å². The van der Waals surface area contributed by atoms with Crippen LogP contribution in [0, 0.1) is 0 Å². The van der Waals surface area contributed by atoms with Gasteiger partial charge in [0.1, 0.15) is 0 Å². The summed E-state index contributed by atoms with van der Waals surface area (Å²) in [5.74, 6) is -0.454. The van der Waals surface area contributed by atoms with Crippen LogP contribution in [-0.2, 0) is 11.3 Å². The summed E-state index contributed by atoms with van der Waals surface area (Å²) in [6.07, 6.45) is 1.58. The molecule has 1 heterocycles. The lowest BCUT2D eigenvalue weighted by molar-refractivity contribution is 0.102. The Labute approximate surface area is 153 Å². The van der Waals surface area contributed by atoms with Crippen molar-refractivity contribution in [2.75, 3.05) is 12.4 Å². The summed E-state index contributed by atoms with van der Waals surface area (Å²) in [6.45, 7) is 0.205. The van der Waals surface area contributed by atoms with Gasteiger partial charge in [-0.25, -0.2) is 0 Å². The van der Waals surface area contributed by atoms with Crippen molar-refractivity contribution < 1.29 is 9.53 Å². The second kappa shape index (κ2) is 7.27. The molecule has 5 nitrogen and oxygen atoms in total. The number of hydrogen-bond donors (Lipinski definition) is 2. The monoisotopic (exact) mass is 376 g/mol. The van der Waals surface area contributed by atoms with E-state index in [4.69, 9.17) is 27.9 Å². The lowest BCUT2D eigenvalue weighted by atomic mass is 10.1. The van der Waals surface area contributed by atoms with Crippen LogP contribution in [0.15, 0.2) is 47.4 Å². The Morgan fingerprint density at radius 2 is 1.84 bits per heavy atom. The smallest absolute Gasteiger partial charge is 0.258 e. The van der Waals surface area contributed by atoms with Gasteiger partial charge in [0.05, 0.1) is 33.4 Å². The van der Waals surface area contributed by atoms with Gasteiger partial charge in [-0.15, -0.1) is 0 Å². The number of benzene rings is 2. The molecule has 1 aromatic heterocycles. The van der Waals surface area contributed by atoms with Crippen LogP contribution in [0.25, 0.3) is 10.9 Å². The van der Waals surface area contributed by atoms with Gasteiger partial charge in [-0.3, -0.25) is 9.59 Å². The Morgan fingerprint density at radius 1 is 1.16 bits per heavy atom. The highest BCUT2D eigenvalue weighted by Crippen LogP contribution is 2.26. The first kappa shape index (κ1) is 17.5. The van der Waals surface area contributed by atoms with Gasteiger partial charge in [0.25, 0.3) is 5.91 Å². The number of halogens is 2. The molecule has 0 aliphatic carbocycles. The Bertz CT molecular complexity index is 995. The molecule has 0 aliphatic rings. The summed E-state index contributed by atoms with van der Waals surface area (Å²) in [5, 5.41) is 3.71. The molecule has 0 aliphatic heterocycles. The van der Waals surface area contributed by atoms with E-state index < -0.39 is 5.91 Å². The largest absolute Gasteiger partial charge is 0.380 e. The van der Waals surface area contributed by atoms with Crippen molar-refractivity contribution in [3.63, 3.8) is 0 Å². The first-order chi connectivity index (χ1) is 12.0. The molecule has 3 rings (SSSR count). The molecule has 0 saturated carbocycles. The average Bonchev–Trinajstić information content (AvgIpc) is 2.58. The van der Waals surface area contributed by atoms with E-state index in [0.717, 1.165) is 0 Å². The van der Waals surface area contributed by atoms with Gasteiger partial charge in [0.2, 0.25) is 0 Å². The van der Waals surface area contributed by atoms with E-state index in [1.807, 2.05) is 0 Å². The van der Waals surface area contributed by atoms with Crippen LogP contribution in [0.3, 0.4) is 0 Å². The zero-order chi connectivity index (χ0) is 18.0. The van der Waals surface area contributed by atoms with E-state index in [2.05, 4.69) is 10.3 Å². The second-order valence-corrected chi connectivity index (χ2v) is 6.17. The maximum absolute atomic E-state index is 12.6. The van der Waals surface area contributed by atoms with Crippen LogP contribution < -0.4 is 10.7 Å². The van der Waals surface area contributed by atoms with Crippen molar-refractivity contribution in [3.8, 4) is 0 Å². The highest BCUT2D eigenvalue weighted by Gasteiger charge is 2.16. The summed E-state index contributed by atoms with van der Waals surface area (Å²) in [5.41, 5.74) is 1.51. The van der Waals surface area contributed by atoms with Crippen LogP contribution >= 0.6 is 23.2 Å². The van der Waals surface area contributed by atoms with Crippen LogP contribution in [0.4, 0.5) is 5.69 Å². The summed E-state index contributed by atoms with van der Waals surface area (Å²) < 4.78 is 5.02. The third-order valence-electron chi connectivity index (χ3n) is 3.73. The van der Waals surface area contributed by atoms with Crippen LogP contribution in [0.5, 0.6) is 0 Å². The average molecular weight is 377 g/mol. The molecule has 25 heavy (non-hydrogen) atoms. The van der Waals surface area contributed by atoms with Gasteiger partial charge in [0, 0.05) is 24.3 Å². The van der Waals surface area contributed by atoms with E-state index in [1.54, 1.807) is 42.6 Å². The molecule has 0 fully saturated rings. The summed E-state index contributed by atoms with van der Waals surface area (Å²) >= 11 is 12.1. The molecule has 2 N–H and O–H groups in total. The Balaban J connectivity index is 2.04. The number of aromatic nitrogens is 1. The van der Waals surface area contributed by atoms with Crippen molar-refractivity contribution in [1.82, 2.24) is 4.98 Å². The fraction of sp³-hybridized carbons (Fsp3) is 0.111. The summed E-state index contributed by atoms with van der Waals surface area (Å²) in [6, 6.07) is 9.91. The molecular formula is C18H14Cl2N2O3. The number of carbonyl (C=O) groups is 1. The number of para-hydroxylation sites is 1. The van der Waals surface area contributed by atoms with Gasteiger partial charge >= 0.3 is 0 Å². The van der Waals surface area contributed by atoms with Crippen LogP contribution in [-0.4, -0.2) is 18.0 Å². The number of aromatic amines is 1. The number of H-pyrrole nitrogens is 1. The van der Waals surface area contributed by atoms with E-state index in [-0.39, 0.29) is 27.6 Å². The fourth-order valence-electron chi connectivity index (χ4n) is 2.56. The third kappa shape index (κ3) is 3.39. The Kier molecular flexibility index (Phi) is 5.08. The minimum absolute atomic E-state index is 0.150. The minimum Gasteiger partial charge on any atom is -0.380 e. The van der Waals surface area contributed by atoms with Gasteiger partial charge in [0.15, 0.2) is 5.43 Å². The number of carbonyl (C=O) groups excluding carboxylic acids is 1. The lowest BCUT2D eigenvalue weighted by Gasteiger charge is -2.11. The zero-order valence-corrected chi connectivity index (χ0v) is 14.7. The van der Waals surface area contributed by atoms with Crippen molar-refractivity contribution in [2.24, 2.45) is 0 Å². The zero-order valence-electron chi connectivity index (χ0n) is 13.2. The first-order valence-electron chi connectivity index (χ1n) is 7.40. The number of hydrogen-bond acceptors (Lipinski definition) is 3. The topological polar surface area (TPSA) is 71.2 Å². The molecule has 3 aromatic rings. The SMILES string of the molecule is COCc1c[nH]c2c(NC(=O)c3c(Cl)cccc3Cl)cccc2c1=O. The molecule has 0 bridgehead atoms. The summed E-state index contributed by atoms with van der Waals surface area (Å²) in [4.78, 5) is 28.1. The van der Waals surface area contributed by atoms with E-state index >= 15 is 0 Å². The number of fused-ring (bicyclic) bond motifs is 1. The predicted octanol–water partition coefficient (Wildman–Crippen LogP) is 4.23. The predicted molar refractivity (Wildman–Crippen MR) is 99.7 cm³/mol. The number of anilines is 1.